The summed E-state index contributed by atoms with van der Waals surface area (Å²) in [5, 5.41) is 22.0. The largest absolute Gasteiger partial charge is 0.392 e. The van der Waals surface area contributed by atoms with Crippen LogP contribution in [0, 0.1) is 11.7 Å². The fourth-order valence-corrected chi connectivity index (χ4v) is 2.43. The van der Waals surface area contributed by atoms with Crippen LogP contribution in [0.1, 0.15) is 30.9 Å². The van der Waals surface area contributed by atoms with Crippen LogP contribution in [-0.4, -0.2) is 28.8 Å². The van der Waals surface area contributed by atoms with Gasteiger partial charge in [-0.05, 0) is 25.3 Å². The molecule has 1 amide bonds. The van der Waals surface area contributed by atoms with E-state index in [0.717, 1.165) is 6.42 Å². The average Bonchev–Trinajstić information content (AvgIpc) is 2.82. The third-order valence-electron chi connectivity index (χ3n) is 3.55. The van der Waals surface area contributed by atoms with Gasteiger partial charge in [0.25, 0.3) is 0 Å². The van der Waals surface area contributed by atoms with Crippen molar-refractivity contribution in [1.82, 2.24) is 5.32 Å². The maximum Gasteiger partial charge on any atom is 0.225 e. The molecule has 0 heterocycles. The highest BCUT2D eigenvalue weighted by Crippen LogP contribution is 2.25. The molecule has 0 aromatic heterocycles. The molecule has 19 heavy (non-hydrogen) atoms. The molecule has 0 aliphatic heterocycles. The molecule has 1 fully saturated rings. The Kier molecular flexibility index (Phi) is 4.50. The number of hydrogen-bond donors (Lipinski definition) is 3. The molecule has 0 spiro atoms. The predicted octanol–water partition coefficient (Wildman–Crippen LogP) is 1.14. The fourth-order valence-electron chi connectivity index (χ4n) is 2.43. The van der Waals surface area contributed by atoms with E-state index in [1.807, 2.05) is 0 Å². The van der Waals surface area contributed by atoms with E-state index >= 15 is 0 Å². The Morgan fingerprint density at radius 1 is 1.42 bits per heavy atom. The number of amides is 1. The SMILES string of the molecule is O=C(NCC(O)c1ccccc1F)C1CCCC1O. The van der Waals surface area contributed by atoms with Gasteiger partial charge < -0.3 is 15.5 Å². The second-order valence-corrected chi connectivity index (χ2v) is 4.89. The molecule has 3 N–H and O–H groups in total. The van der Waals surface area contributed by atoms with Gasteiger partial charge in [-0.2, -0.15) is 0 Å². The number of rotatable bonds is 4. The van der Waals surface area contributed by atoms with Crippen molar-refractivity contribution in [2.75, 3.05) is 6.54 Å². The molecular weight excluding hydrogens is 249 g/mol. The van der Waals surface area contributed by atoms with Crippen LogP contribution >= 0.6 is 0 Å². The van der Waals surface area contributed by atoms with Crippen LogP contribution in [0.5, 0.6) is 0 Å². The van der Waals surface area contributed by atoms with Gasteiger partial charge in [0.05, 0.1) is 18.1 Å². The molecule has 1 aliphatic carbocycles. The first kappa shape index (κ1) is 14.0. The highest BCUT2D eigenvalue weighted by atomic mass is 19.1. The third-order valence-corrected chi connectivity index (χ3v) is 3.55. The molecule has 0 bridgehead atoms. The predicted molar refractivity (Wildman–Crippen MR) is 67.7 cm³/mol. The molecule has 5 heteroatoms. The Morgan fingerprint density at radius 2 is 2.16 bits per heavy atom. The van der Waals surface area contributed by atoms with Gasteiger partial charge in [0.1, 0.15) is 5.82 Å². The second kappa shape index (κ2) is 6.12. The molecule has 0 radical (unpaired) electrons. The highest BCUT2D eigenvalue weighted by Gasteiger charge is 2.31. The van der Waals surface area contributed by atoms with E-state index in [1.165, 1.54) is 12.1 Å². The number of nitrogens with one attached hydrogen (secondary N) is 1. The Balaban J connectivity index is 1.88. The zero-order valence-electron chi connectivity index (χ0n) is 10.6. The zero-order valence-corrected chi connectivity index (χ0v) is 10.6. The molecule has 4 nitrogen and oxygen atoms in total. The van der Waals surface area contributed by atoms with Crippen LogP contribution in [0.15, 0.2) is 24.3 Å². The normalized spacial score (nSPS) is 24.2. The minimum atomic E-state index is -1.08. The van der Waals surface area contributed by atoms with Crippen molar-refractivity contribution in [3.05, 3.63) is 35.6 Å². The van der Waals surface area contributed by atoms with Gasteiger partial charge in [-0.3, -0.25) is 4.79 Å². The molecule has 2 rings (SSSR count). The van der Waals surface area contributed by atoms with Gasteiger partial charge in [0.2, 0.25) is 5.91 Å². The van der Waals surface area contributed by atoms with Crippen LogP contribution in [0.3, 0.4) is 0 Å². The first-order chi connectivity index (χ1) is 9.09. The van der Waals surface area contributed by atoms with E-state index in [0.29, 0.717) is 12.8 Å². The molecule has 1 aromatic carbocycles. The summed E-state index contributed by atoms with van der Waals surface area (Å²) in [6.45, 7) is -0.0526. The van der Waals surface area contributed by atoms with Crippen molar-refractivity contribution < 1.29 is 19.4 Å². The lowest BCUT2D eigenvalue weighted by Crippen LogP contribution is -2.37. The van der Waals surface area contributed by atoms with Crippen LogP contribution in [0.2, 0.25) is 0 Å². The van der Waals surface area contributed by atoms with Crippen molar-refractivity contribution in [2.45, 2.75) is 31.5 Å². The summed E-state index contributed by atoms with van der Waals surface area (Å²) in [4.78, 5) is 11.8. The maximum atomic E-state index is 13.4. The molecule has 1 aliphatic rings. The summed E-state index contributed by atoms with van der Waals surface area (Å²) in [5.41, 5.74) is 0.162. The van der Waals surface area contributed by atoms with Crippen LogP contribution in [0.4, 0.5) is 4.39 Å². The van der Waals surface area contributed by atoms with Crippen molar-refractivity contribution in [3.63, 3.8) is 0 Å². The molecular formula is C14H18FNO3. The van der Waals surface area contributed by atoms with Gasteiger partial charge in [-0.15, -0.1) is 0 Å². The fraction of sp³-hybridized carbons (Fsp3) is 0.500. The first-order valence-electron chi connectivity index (χ1n) is 6.48. The number of aliphatic hydroxyl groups is 2. The van der Waals surface area contributed by atoms with Crippen molar-refractivity contribution in [3.8, 4) is 0 Å². The summed E-state index contributed by atoms with van der Waals surface area (Å²) in [6, 6.07) is 5.92. The summed E-state index contributed by atoms with van der Waals surface area (Å²) in [6.07, 6.45) is 0.431. The topological polar surface area (TPSA) is 69.6 Å². The number of carbonyl (C=O) groups is 1. The quantitative estimate of drug-likeness (QED) is 0.766. The van der Waals surface area contributed by atoms with E-state index in [-0.39, 0.29) is 18.0 Å². The van der Waals surface area contributed by atoms with Crippen molar-refractivity contribution >= 4 is 5.91 Å². The zero-order chi connectivity index (χ0) is 13.8. The minimum Gasteiger partial charge on any atom is -0.392 e. The van der Waals surface area contributed by atoms with Gasteiger partial charge >= 0.3 is 0 Å². The van der Waals surface area contributed by atoms with Gasteiger partial charge in [0, 0.05) is 12.1 Å². The van der Waals surface area contributed by atoms with Gasteiger partial charge in [0.15, 0.2) is 0 Å². The molecule has 104 valence electrons. The number of benzene rings is 1. The number of halogens is 1. The van der Waals surface area contributed by atoms with E-state index in [2.05, 4.69) is 5.32 Å². The van der Waals surface area contributed by atoms with Crippen LogP contribution in [0.25, 0.3) is 0 Å². The second-order valence-electron chi connectivity index (χ2n) is 4.89. The Morgan fingerprint density at radius 3 is 2.79 bits per heavy atom. The van der Waals surface area contributed by atoms with Crippen LogP contribution in [-0.2, 0) is 4.79 Å². The molecule has 0 saturated heterocycles. The van der Waals surface area contributed by atoms with Crippen LogP contribution < -0.4 is 5.32 Å². The summed E-state index contributed by atoms with van der Waals surface area (Å²) in [5.74, 6) is -1.18. The lowest BCUT2D eigenvalue weighted by Gasteiger charge is -2.17. The Hall–Kier alpha value is -1.46. The molecule has 3 atom stereocenters. The summed E-state index contributed by atoms with van der Waals surface area (Å²) >= 11 is 0. The van der Waals surface area contributed by atoms with E-state index < -0.39 is 23.9 Å². The summed E-state index contributed by atoms with van der Waals surface area (Å²) in [7, 11) is 0. The average molecular weight is 267 g/mol. The number of aliphatic hydroxyl groups excluding tert-OH is 2. The Bertz CT molecular complexity index is 452. The lowest BCUT2D eigenvalue weighted by molar-refractivity contribution is -0.128. The third kappa shape index (κ3) is 3.30. The minimum absolute atomic E-state index is 0.0526. The van der Waals surface area contributed by atoms with Gasteiger partial charge in [-0.1, -0.05) is 18.2 Å². The number of hydrogen-bond acceptors (Lipinski definition) is 3. The van der Waals surface area contributed by atoms with E-state index in [9.17, 15) is 19.4 Å². The molecule has 1 aromatic rings. The van der Waals surface area contributed by atoms with E-state index in [4.69, 9.17) is 0 Å². The number of carbonyl (C=O) groups excluding carboxylic acids is 1. The Labute approximate surface area is 111 Å². The van der Waals surface area contributed by atoms with Crippen molar-refractivity contribution in [1.29, 1.82) is 0 Å². The highest BCUT2D eigenvalue weighted by molar-refractivity contribution is 5.79. The smallest absolute Gasteiger partial charge is 0.225 e. The van der Waals surface area contributed by atoms with E-state index in [1.54, 1.807) is 12.1 Å². The van der Waals surface area contributed by atoms with Gasteiger partial charge in [-0.25, -0.2) is 4.39 Å². The maximum absolute atomic E-state index is 13.4. The van der Waals surface area contributed by atoms with Crippen molar-refractivity contribution in [2.24, 2.45) is 5.92 Å². The molecule has 1 saturated carbocycles. The standard InChI is InChI=1S/C14H18FNO3/c15-11-6-2-1-4-9(11)13(18)8-16-14(19)10-5-3-7-12(10)17/h1-2,4,6,10,12-13,17-18H,3,5,7-8H2,(H,16,19). The molecule has 3 unspecified atom stereocenters. The first-order valence-corrected chi connectivity index (χ1v) is 6.48. The summed E-state index contributed by atoms with van der Waals surface area (Å²) < 4.78 is 13.4. The monoisotopic (exact) mass is 267 g/mol. The lowest BCUT2D eigenvalue weighted by atomic mass is 10.0.